The van der Waals surface area contributed by atoms with Crippen LogP contribution >= 0.6 is 0 Å². The lowest BCUT2D eigenvalue weighted by Gasteiger charge is -2.10. The Bertz CT molecular complexity index is 1120. The van der Waals surface area contributed by atoms with Crippen molar-refractivity contribution in [3.8, 4) is 16.9 Å². The number of hydrogen-bond acceptors (Lipinski definition) is 3. The van der Waals surface area contributed by atoms with Crippen molar-refractivity contribution < 1.29 is 21.6 Å². The van der Waals surface area contributed by atoms with Crippen LogP contribution in [0.2, 0.25) is 0 Å². The van der Waals surface area contributed by atoms with Gasteiger partial charge >= 0.3 is 6.18 Å². The van der Waals surface area contributed by atoms with E-state index in [1.165, 1.54) is 28.9 Å². The third kappa shape index (κ3) is 4.36. The molecule has 9 heteroatoms. The van der Waals surface area contributed by atoms with E-state index in [-0.39, 0.29) is 0 Å². The molecular formula is C19H18F3N3O2S. The Morgan fingerprint density at radius 1 is 0.964 bits per heavy atom. The molecule has 0 unspecified atom stereocenters. The molecule has 0 radical (unpaired) electrons. The molecule has 1 heterocycles. The molecule has 0 saturated heterocycles. The minimum Gasteiger partial charge on any atom is -0.284 e. The maximum absolute atomic E-state index is 13.3. The van der Waals surface area contributed by atoms with E-state index < -0.39 is 21.9 Å². The van der Waals surface area contributed by atoms with Gasteiger partial charge in [-0.1, -0.05) is 12.1 Å². The number of anilines is 1. The first-order chi connectivity index (χ1) is 12.9. The molecule has 0 atom stereocenters. The average Bonchev–Trinajstić information content (AvgIpc) is 3.02. The van der Waals surface area contributed by atoms with Gasteiger partial charge in [-0.05, 0) is 61.4 Å². The van der Waals surface area contributed by atoms with Gasteiger partial charge in [0.1, 0.15) is 0 Å². The zero-order chi connectivity index (χ0) is 20.7. The van der Waals surface area contributed by atoms with E-state index in [2.05, 4.69) is 9.82 Å². The molecule has 3 aromatic rings. The molecule has 0 spiro atoms. The fourth-order valence-electron chi connectivity index (χ4n) is 2.71. The SMILES string of the molecule is Cc1ccc(-c2cc(C(F)(F)F)nn2-c2ccc(NS(C)(=O)=O)cc2)cc1C. The van der Waals surface area contributed by atoms with Crippen LogP contribution in [0, 0.1) is 13.8 Å². The minimum atomic E-state index is -4.59. The number of nitrogens with zero attached hydrogens (tertiary/aromatic N) is 2. The Morgan fingerprint density at radius 2 is 1.61 bits per heavy atom. The Morgan fingerprint density at radius 3 is 2.14 bits per heavy atom. The number of nitrogens with one attached hydrogen (secondary N) is 1. The molecule has 0 saturated carbocycles. The monoisotopic (exact) mass is 409 g/mol. The zero-order valence-electron chi connectivity index (χ0n) is 15.4. The van der Waals surface area contributed by atoms with Gasteiger partial charge in [-0.2, -0.15) is 18.3 Å². The van der Waals surface area contributed by atoms with Crippen molar-refractivity contribution in [1.29, 1.82) is 0 Å². The molecule has 2 aromatic carbocycles. The molecule has 148 valence electrons. The number of rotatable bonds is 4. The molecule has 0 aliphatic heterocycles. The van der Waals surface area contributed by atoms with Gasteiger partial charge in [0.15, 0.2) is 5.69 Å². The fraction of sp³-hybridized carbons (Fsp3) is 0.211. The van der Waals surface area contributed by atoms with Gasteiger partial charge in [0.2, 0.25) is 10.0 Å². The van der Waals surface area contributed by atoms with Crippen LogP contribution in [0.25, 0.3) is 16.9 Å². The van der Waals surface area contributed by atoms with E-state index in [4.69, 9.17) is 0 Å². The summed E-state index contributed by atoms with van der Waals surface area (Å²) in [6.07, 6.45) is -3.57. The van der Waals surface area contributed by atoms with E-state index in [0.717, 1.165) is 23.4 Å². The van der Waals surface area contributed by atoms with Gasteiger partial charge in [-0.15, -0.1) is 0 Å². The van der Waals surface area contributed by atoms with E-state index in [1.54, 1.807) is 6.07 Å². The third-order valence-electron chi connectivity index (χ3n) is 4.22. The molecule has 0 bridgehead atoms. The lowest BCUT2D eigenvalue weighted by molar-refractivity contribution is -0.141. The van der Waals surface area contributed by atoms with Gasteiger partial charge < -0.3 is 0 Å². The predicted molar refractivity (Wildman–Crippen MR) is 102 cm³/mol. The van der Waals surface area contributed by atoms with Crippen LogP contribution in [0.5, 0.6) is 0 Å². The summed E-state index contributed by atoms with van der Waals surface area (Å²) in [5.74, 6) is 0. The van der Waals surface area contributed by atoms with E-state index in [1.807, 2.05) is 26.0 Å². The fourth-order valence-corrected chi connectivity index (χ4v) is 3.27. The number of hydrogen-bond donors (Lipinski definition) is 1. The molecule has 3 rings (SSSR count). The number of alkyl halides is 3. The summed E-state index contributed by atoms with van der Waals surface area (Å²) in [5, 5.41) is 3.74. The average molecular weight is 409 g/mol. The topological polar surface area (TPSA) is 64.0 Å². The second-order valence-electron chi connectivity index (χ2n) is 6.54. The van der Waals surface area contributed by atoms with Crippen LogP contribution in [-0.4, -0.2) is 24.5 Å². The second kappa shape index (κ2) is 6.97. The summed E-state index contributed by atoms with van der Waals surface area (Å²) < 4.78 is 65.9. The van der Waals surface area contributed by atoms with Crippen LogP contribution in [0.3, 0.4) is 0 Å². The predicted octanol–water partition coefficient (Wildman–Crippen LogP) is 4.55. The van der Waals surface area contributed by atoms with Crippen LogP contribution in [0.1, 0.15) is 16.8 Å². The summed E-state index contributed by atoms with van der Waals surface area (Å²) in [5.41, 5.74) is 2.56. The molecule has 0 aliphatic rings. The third-order valence-corrected chi connectivity index (χ3v) is 4.82. The van der Waals surface area contributed by atoms with Crippen molar-refractivity contribution in [2.75, 3.05) is 11.0 Å². The van der Waals surface area contributed by atoms with Crippen LogP contribution in [0.4, 0.5) is 18.9 Å². The van der Waals surface area contributed by atoms with Gasteiger partial charge in [-0.25, -0.2) is 13.1 Å². The van der Waals surface area contributed by atoms with Crippen LogP contribution in [0.15, 0.2) is 48.5 Å². The lowest BCUT2D eigenvalue weighted by Crippen LogP contribution is -2.10. The highest BCUT2D eigenvalue weighted by atomic mass is 32.2. The number of sulfonamides is 1. The molecular weight excluding hydrogens is 391 g/mol. The number of aryl methyl sites for hydroxylation is 2. The molecule has 5 nitrogen and oxygen atoms in total. The minimum absolute atomic E-state index is 0.291. The summed E-state index contributed by atoms with van der Waals surface area (Å²) in [4.78, 5) is 0. The van der Waals surface area contributed by atoms with Crippen molar-refractivity contribution in [2.45, 2.75) is 20.0 Å². The quantitative estimate of drug-likeness (QED) is 0.688. The molecule has 0 amide bonds. The summed E-state index contributed by atoms with van der Waals surface area (Å²) in [6, 6.07) is 12.3. The molecule has 0 aliphatic carbocycles. The largest absolute Gasteiger partial charge is 0.435 e. The Balaban J connectivity index is 2.11. The van der Waals surface area contributed by atoms with Gasteiger partial charge in [0.25, 0.3) is 0 Å². The normalized spacial score (nSPS) is 12.2. The van der Waals surface area contributed by atoms with Crippen LogP contribution < -0.4 is 4.72 Å². The smallest absolute Gasteiger partial charge is 0.284 e. The van der Waals surface area contributed by atoms with Gasteiger partial charge in [0, 0.05) is 11.3 Å². The van der Waals surface area contributed by atoms with Crippen molar-refractivity contribution in [3.05, 3.63) is 65.4 Å². The maximum atomic E-state index is 13.3. The maximum Gasteiger partial charge on any atom is 0.435 e. The van der Waals surface area contributed by atoms with Gasteiger partial charge in [0.05, 0.1) is 17.6 Å². The summed E-state index contributed by atoms with van der Waals surface area (Å²) >= 11 is 0. The van der Waals surface area contributed by atoms with E-state index in [9.17, 15) is 21.6 Å². The highest BCUT2D eigenvalue weighted by Crippen LogP contribution is 2.34. The highest BCUT2D eigenvalue weighted by molar-refractivity contribution is 7.92. The zero-order valence-corrected chi connectivity index (χ0v) is 16.2. The summed E-state index contributed by atoms with van der Waals surface area (Å²) in [6.45, 7) is 3.81. The molecule has 1 aromatic heterocycles. The van der Waals surface area contributed by atoms with Gasteiger partial charge in [-0.3, -0.25) is 4.72 Å². The Hall–Kier alpha value is -2.81. The first-order valence-electron chi connectivity index (χ1n) is 8.27. The number of aromatic nitrogens is 2. The standard InChI is InChI=1S/C19H18F3N3O2S/c1-12-4-5-14(10-13(12)2)17-11-18(19(20,21)22)23-25(17)16-8-6-15(7-9-16)24-28(3,26)27/h4-11,24H,1-3H3. The first kappa shape index (κ1) is 19.9. The van der Waals surface area contributed by atoms with Crippen molar-refractivity contribution >= 4 is 15.7 Å². The Kier molecular flexibility index (Phi) is 4.97. The molecule has 28 heavy (non-hydrogen) atoms. The van der Waals surface area contributed by atoms with Crippen molar-refractivity contribution in [2.24, 2.45) is 0 Å². The number of halogens is 3. The molecule has 0 fully saturated rings. The highest BCUT2D eigenvalue weighted by Gasteiger charge is 2.35. The van der Waals surface area contributed by atoms with Crippen LogP contribution in [-0.2, 0) is 16.2 Å². The summed E-state index contributed by atoms with van der Waals surface area (Å²) in [7, 11) is -3.45. The second-order valence-corrected chi connectivity index (χ2v) is 8.29. The first-order valence-corrected chi connectivity index (χ1v) is 10.2. The van der Waals surface area contributed by atoms with E-state index in [0.29, 0.717) is 22.6 Å². The van der Waals surface area contributed by atoms with Crippen molar-refractivity contribution in [3.63, 3.8) is 0 Å². The van der Waals surface area contributed by atoms with E-state index >= 15 is 0 Å². The number of benzene rings is 2. The van der Waals surface area contributed by atoms with Crippen molar-refractivity contribution in [1.82, 2.24) is 9.78 Å². The Labute approximate surface area is 160 Å². The molecule has 1 N–H and O–H groups in total. The lowest BCUT2D eigenvalue weighted by atomic mass is 10.0.